The third-order valence-corrected chi connectivity index (χ3v) is 6.19. The number of benzene rings is 2. The number of amides is 1. The van der Waals surface area contributed by atoms with E-state index in [1.165, 1.54) is 17.8 Å². The second-order valence-electron chi connectivity index (χ2n) is 8.53. The first kappa shape index (κ1) is 24.6. The van der Waals surface area contributed by atoms with Gasteiger partial charge in [0, 0.05) is 28.0 Å². The first-order valence-electron chi connectivity index (χ1n) is 10.9. The van der Waals surface area contributed by atoms with E-state index < -0.39 is 11.6 Å². The van der Waals surface area contributed by atoms with Crippen LogP contribution in [0.4, 0.5) is 0 Å². The van der Waals surface area contributed by atoms with Crippen LogP contribution in [0.2, 0.25) is 0 Å². The van der Waals surface area contributed by atoms with Gasteiger partial charge in [-0.1, -0.05) is 26.0 Å². The number of carbonyl (C=O) groups excluding carboxylic acids is 2. The summed E-state index contributed by atoms with van der Waals surface area (Å²) in [5.74, 6) is -0.116. The van der Waals surface area contributed by atoms with Crippen LogP contribution in [0.15, 0.2) is 56.6 Å². The second-order valence-corrected chi connectivity index (χ2v) is 9.55. The number of fused-ring (bicyclic) bond motifs is 1. The van der Waals surface area contributed by atoms with Crippen LogP contribution in [0.1, 0.15) is 60.7 Å². The number of hydrogen-bond donors (Lipinski definition) is 1. The van der Waals surface area contributed by atoms with Crippen molar-refractivity contribution in [2.24, 2.45) is 0 Å². The van der Waals surface area contributed by atoms with Crippen LogP contribution in [0.5, 0.6) is 0 Å². The molecule has 0 radical (unpaired) electrons. The molecule has 1 aromatic heterocycles. The molecule has 0 aliphatic heterocycles. The quantitative estimate of drug-likeness (QED) is 0.278. The Kier molecular flexibility index (Phi) is 7.97. The number of aryl methyl sites for hydroxylation is 1. The summed E-state index contributed by atoms with van der Waals surface area (Å²) in [5, 5.41) is 3.59. The van der Waals surface area contributed by atoms with E-state index in [-0.39, 0.29) is 24.3 Å². The lowest BCUT2D eigenvalue weighted by molar-refractivity contribution is -0.119. The number of carbonyl (C=O) groups is 2. The molecule has 0 spiro atoms. The Labute approximate surface area is 197 Å². The third-order valence-electron chi connectivity index (χ3n) is 5.11. The summed E-state index contributed by atoms with van der Waals surface area (Å²) in [7, 11) is 0. The minimum atomic E-state index is -0.514. The highest BCUT2D eigenvalue weighted by atomic mass is 32.2. The van der Waals surface area contributed by atoms with Gasteiger partial charge in [-0.05, 0) is 62.1 Å². The zero-order valence-electron chi connectivity index (χ0n) is 19.6. The average Bonchev–Trinajstić information content (AvgIpc) is 2.74. The number of rotatable bonds is 8. The highest BCUT2D eigenvalue weighted by Gasteiger charge is 2.17. The maximum absolute atomic E-state index is 12.9. The summed E-state index contributed by atoms with van der Waals surface area (Å²) >= 11 is 1.28. The molecule has 0 atom stereocenters. The van der Waals surface area contributed by atoms with Gasteiger partial charge in [-0.2, -0.15) is 0 Å². The van der Waals surface area contributed by atoms with Crippen LogP contribution in [0, 0.1) is 6.92 Å². The van der Waals surface area contributed by atoms with E-state index in [0.29, 0.717) is 27.5 Å². The van der Waals surface area contributed by atoms with Crippen molar-refractivity contribution < 1.29 is 18.7 Å². The fraction of sp³-hybridized carbons (Fsp3) is 0.346. The van der Waals surface area contributed by atoms with E-state index in [2.05, 4.69) is 19.2 Å². The van der Waals surface area contributed by atoms with Crippen molar-refractivity contribution in [3.05, 3.63) is 75.1 Å². The van der Waals surface area contributed by atoms with Gasteiger partial charge < -0.3 is 14.5 Å². The molecule has 0 aliphatic carbocycles. The van der Waals surface area contributed by atoms with Gasteiger partial charge in [0.05, 0.1) is 11.3 Å². The molecule has 0 aliphatic rings. The predicted octanol–water partition coefficient (Wildman–Crippen LogP) is 5.20. The standard InChI is InChI=1S/C26H29NO5S/c1-15(2)20-12-21-18(11-25(29)32-22(21)10-17(20)5)13-31-26(30)19-8-6-7-9-23(19)33-14-24(28)27-16(3)4/h6-12,15-16H,13-14H2,1-5H3,(H,27,28). The van der Waals surface area contributed by atoms with E-state index >= 15 is 0 Å². The monoisotopic (exact) mass is 467 g/mol. The summed E-state index contributed by atoms with van der Waals surface area (Å²) in [6.07, 6.45) is 0. The topological polar surface area (TPSA) is 85.6 Å². The molecule has 0 fully saturated rings. The number of nitrogens with one attached hydrogen (secondary N) is 1. The van der Waals surface area contributed by atoms with Crippen LogP contribution in [-0.2, 0) is 16.1 Å². The van der Waals surface area contributed by atoms with Crippen LogP contribution in [-0.4, -0.2) is 23.7 Å². The summed E-state index contributed by atoms with van der Waals surface area (Å²) < 4.78 is 11.0. The first-order valence-corrected chi connectivity index (χ1v) is 11.9. The van der Waals surface area contributed by atoms with Crippen molar-refractivity contribution in [2.75, 3.05) is 5.75 Å². The molecule has 6 nitrogen and oxygen atoms in total. The Balaban J connectivity index is 1.81. The van der Waals surface area contributed by atoms with Gasteiger partial charge in [0.2, 0.25) is 5.91 Å². The average molecular weight is 468 g/mol. The van der Waals surface area contributed by atoms with E-state index in [1.807, 2.05) is 39.0 Å². The highest BCUT2D eigenvalue weighted by Crippen LogP contribution is 2.28. The molecule has 2 aromatic carbocycles. The lowest BCUT2D eigenvalue weighted by Crippen LogP contribution is -2.31. The summed E-state index contributed by atoms with van der Waals surface area (Å²) in [4.78, 5) is 37.6. The number of hydrogen-bond acceptors (Lipinski definition) is 6. The molecule has 174 valence electrons. The lowest BCUT2D eigenvalue weighted by atomic mass is 9.95. The Bertz CT molecular complexity index is 1230. The molecule has 3 rings (SSSR count). The molecule has 33 heavy (non-hydrogen) atoms. The Morgan fingerprint density at radius 1 is 1.09 bits per heavy atom. The van der Waals surface area contributed by atoms with Crippen molar-refractivity contribution in [2.45, 2.75) is 58.1 Å². The highest BCUT2D eigenvalue weighted by molar-refractivity contribution is 8.00. The molecule has 0 bridgehead atoms. The molecule has 7 heteroatoms. The van der Waals surface area contributed by atoms with Crippen molar-refractivity contribution in [3.63, 3.8) is 0 Å². The number of ether oxygens (including phenoxy) is 1. The molecule has 0 saturated carbocycles. The van der Waals surface area contributed by atoms with Crippen molar-refractivity contribution >= 4 is 34.6 Å². The van der Waals surface area contributed by atoms with Gasteiger partial charge in [-0.3, -0.25) is 4.79 Å². The summed E-state index contributed by atoms with van der Waals surface area (Å²) in [5.41, 5.74) is 3.15. The second kappa shape index (κ2) is 10.7. The third kappa shape index (κ3) is 6.26. The van der Waals surface area contributed by atoms with E-state index in [4.69, 9.17) is 9.15 Å². The fourth-order valence-electron chi connectivity index (χ4n) is 3.62. The molecule has 0 unspecified atom stereocenters. The minimum absolute atomic E-state index is 0.0524. The molecule has 1 heterocycles. The maximum atomic E-state index is 12.9. The Hall–Kier alpha value is -3.06. The van der Waals surface area contributed by atoms with Gasteiger partial charge in [-0.25, -0.2) is 9.59 Å². The normalized spacial score (nSPS) is 11.2. The fourth-order valence-corrected chi connectivity index (χ4v) is 4.47. The van der Waals surface area contributed by atoms with Gasteiger partial charge in [-0.15, -0.1) is 11.8 Å². The Morgan fingerprint density at radius 3 is 2.52 bits per heavy atom. The van der Waals surface area contributed by atoms with Gasteiger partial charge in [0.1, 0.15) is 12.2 Å². The largest absolute Gasteiger partial charge is 0.457 e. The van der Waals surface area contributed by atoms with Crippen molar-refractivity contribution in [1.82, 2.24) is 5.32 Å². The van der Waals surface area contributed by atoms with Gasteiger partial charge >= 0.3 is 11.6 Å². The van der Waals surface area contributed by atoms with Crippen LogP contribution in [0.3, 0.4) is 0 Å². The molecular weight excluding hydrogens is 438 g/mol. The van der Waals surface area contributed by atoms with E-state index in [9.17, 15) is 14.4 Å². The first-order chi connectivity index (χ1) is 15.7. The number of esters is 1. The zero-order valence-corrected chi connectivity index (χ0v) is 20.4. The predicted molar refractivity (Wildman–Crippen MR) is 131 cm³/mol. The lowest BCUT2D eigenvalue weighted by Gasteiger charge is -2.14. The smallest absolute Gasteiger partial charge is 0.339 e. The summed E-state index contributed by atoms with van der Waals surface area (Å²) in [6.45, 7) is 9.91. The van der Waals surface area contributed by atoms with Crippen LogP contribution in [0.25, 0.3) is 11.0 Å². The maximum Gasteiger partial charge on any atom is 0.339 e. The van der Waals surface area contributed by atoms with Gasteiger partial charge in [0.15, 0.2) is 0 Å². The van der Waals surface area contributed by atoms with Crippen LogP contribution < -0.4 is 10.9 Å². The zero-order chi connectivity index (χ0) is 24.1. The summed E-state index contributed by atoms with van der Waals surface area (Å²) in [6, 6.07) is 12.3. The molecule has 3 aromatic rings. The molecule has 1 amide bonds. The van der Waals surface area contributed by atoms with E-state index in [1.54, 1.807) is 18.2 Å². The molecular formula is C26H29NO5S. The molecule has 0 saturated heterocycles. The minimum Gasteiger partial charge on any atom is -0.457 e. The van der Waals surface area contributed by atoms with Crippen molar-refractivity contribution in [3.8, 4) is 0 Å². The van der Waals surface area contributed by atoms with Crippen LogP contribution >= 0.6 is 11.8 Å². The van der Waals surface area contributed by atoms with Gasteiger partial charge in [0.25, 0.3) is 0 Å². The van der Waals surface area contributed by atoms with E-state index in [0.717, 1.165) is 16.5 Å². The molecule has 1 N–H and O–H groups in total. The van der Waals surface area contributed by atoms with Crippen molar-refractivity contribution in [1.29, 1.82) is 0 Å². The Morgan fingerprint density at radius 2 is 1.82 bits per heavy atom. The SMILES string of the molecule is Cc1cc2oc(=O)cc(COC(=O)c3ccccc3SCC(=O)NC(C)C)c2cc1C(C)C. The number of thioether (sulfide) groups is 1.